The molecule has 0 saturated carbocycles. The zero-order chi connectivity index (χ0) is 25.6. The summed E-state index contributed by atoms with van der Waals surface area (Å²) < 4.78 is 63.2. The van der Waals surface area contributed by atoms with Gasteiger partial charge in [-0.1, -0.05) is 17.7 Å². The van der Waals surface area contributed by atoms with Crippen LogP contribution in [0.2, 0.25) is 5.02 Å². The van der Waals surface area contributed by atoms with E-state index in [1.165, 1.54) is 10.9 Å². The molecule has 0 bridgehead atoms. The van der Waals surface area contributed by atoms with Gasteiger partial charge in [0.15, 0.2) is 6.23 Å². The number of rotatable bonds is 4. The van der Waals surface area contributed by atoms with Gasteiger partial charge in [-0.3, -0.25) is 4.79 Å². The van der Waals surface area contributed by atoms with Crippen molar-refractivity contribution in [3.05, 3.63) is 72.8 Å². The molecule has 3 aromatic rings. The standard InChI is InChI=1S/C23H21BrClF4N5O2/c24-21-16(9-13-4-5-14(26)10-15(13)23(27,28)29)33-7-6-32(12-18(33)31-21)17-11-30-34(22(35)20(17)25)19-3-1-2-8-36-19/h4-5,10-11,19H,1-3,6-9,12H2. The molecule has 5 rings (SSSR count). The smallest absolute Gasteiger partial charge is 0.360 e. The van der Waals surface area contributed by atoms with E-state index in [0.717, 1.165) is 25.0 Å². The highest BCUT2D eigenvalue weighted by atomic mass is 79.9. The quantitative estimate of drug-likeness (QED) is 0.385. The Morgan fingerprint density at radius 2 is 2.03 bits per heavy atom. The molecule has 0 radical (unpaired) electrons. The molecule has 1 fully saturated rings. The lowest BCUT2D eigenvalue weighted by atomic mass is 10.0. The Morgan fingerprint density at radius 1 is 1.22 bits per heavy atom. The Hall–Kier alpha value is -2.44. The summed E-state index contributed by atoms with van der Waals surface area (Å²) in [6, 6.07) is 2.67. The first kappa shape index (κ1) is 25.2. The topological polar surface area (TPSA) is 65.2 Å². The molecule has 0 N–H and O–H groups in total. The molecular weight excluding hydrogens is 570 g/mol. The van der Waals surface area contributed by atoms with Crippen LogP contribution in [0.5, 0.6) is 0 Å². The molecule has 7 nitrogen and oxygen atoms in total. The van der Waals surface area contributed by atoms with Crippen LogP contribution < -0.4 is 10.5 Å². The van der Waals surface area contributed by atoms with Gasteiger partial charge in [0.05, 0.1) is 29.7 Å². The monoisotopic (exact) mass is 589 g/mol. The van der Waals surface area contributed by atoms with Gasteiger partial charge in [0.2, 0.25) is 0 Å². The largest absolute Gasteiger partial charge is 0.416 e. The van der Waals surface area contributed by atoms with Crippen LogP contribution in [0.25, 0.3) is 0 Å². The van der Waals surface area contributed by atoms with E-state index in [0.29, 0.717) is 54.0 Å². The third-order valence-electron chi connectivity index (χ3n) is 6.46. The molecule has 2 aliphatic rings. The lowest BCUT2D eigenvalue weighted by molar-refractivity contribution is -0.138. The van der Waals surface area contributed by atoms with Crippen LogP contribution in [0.1, 0.15) is 48.1 Å². The van der Waals surface area contributed by atoms with E-state index in [-0.39, 0.29) is 23.6 Å². The highest BCUT2D eigenvalue weighted by Crippen LogP contribution is 2.35. The van der Waals surface area contributed by atoms with Crippen molar-refractivity contribution in [1.29, 1.82) is 0 Å². The molecule has 2 aromatic heterocycles. The number of alkyl halides is 3. The van der Waals surface area contributed by atoms with Gasteiger partial charge < -0.3 is 14.2 Å². The van der Waals surface area contributed by atoms with E-state index in [2.05, 4.69) is 26.0 Å². The summed E-state index contributed by atoms with van der Waals surface area (Å²) in [5.41, 5.74) is -0.486. The third kappa shape index (κ3) is 4.78. The van der Waals surface area contributed by atoms with Crippen molar-refractivity contribution < 1.29 is 22.3 Å². The lowest BCUT2D eigenvalue weighted by Crippen LogP contribution is -2.37. The Kier molecular flexibility index (Phi) is 6.86. The Morgan fingerprint density at radius 3 is 2.75 bits per heavy atom. The van der Waals surface area contributed by atoms with Crippen molar-refractivity contribution in [2.45, 2.75) is 51.2 Å². The molecule has 0 amide bonds. The second-order valence-corrected chi connectivity index (χ2v) is 9.86. The zero-order valence-corrected chi connectivity index (χ0v) is 21.2. The fraction of sp³-hybridized carbons (Fsp3) is 0.435. The number of hydrogen-bond donors (Lipinski definition) is 0. The van der Waals surface area contributed by atoms with Crippen molar-refractivity contribution in [2.24, 2.45) is 0 Å². The Bertz CT molecular complexity index is 1350. The second kappa shape index (κ2) is 9.79. The summed E-state index contributed by atoms with van der Waals surface area (Å²) in [7, 11) is 0. The SMILES string of the molecule is O=c1c(Cl)c(N2CCn3c(nc(Br)c3Cc3ccc(F)cc3C(F)(F)F)C2)cnn1C1CCCCO1. The molecule has 1 aromatic carbocycles. The second-order valence-electron chi connectivity index (χ2n) is 8.73. The van der Waals surface area contributed by atoms with Crippen LogP contribution in [0, 0.1) is 5.82 Å². The molecule has 13 heteroatoms. The summed E-state index contributed by atoms with van der Waals surface area (Å²) in [4.78, 5) is 19.2. The van der Waals surface area contributed by atoms with Crippen LogP contribution in [-0.2, 0) is 30.4 Å². The number of fused-ring (bicyclic) bond motifs is 1. The van der Waals surface area contributed by atoms with E-state index >= 15 is 0 Å². The number of aromatic nitrogens is 4. The maximum atomic E-state index is 13.5. The van der Waals surface area contributed by atoms with Gasteiger partial charge in [0.25, 0.3) is 5.56 Å². The highest BCUT2D eigenvalue weighted by molar-refractivity contribution is 9.10. The van der Waals surface area contributed by atoms with E-state index in [1.807, 2.05) is 9.47 Å². The fourth-order valence-corrected chi connectivity index (χ4v) is 5.47. The Balaban J connectivity index is 1.41. The molecule has 2 aliphatic heterocycles. The fourth-order valence-electron chi connectivity index (χ4n) is 4.66. The van der Waals surface area contributed by atoms with Gasteiger partial charge in [0.1, 0.15) is 21.3 Å². The average molecular weight is 591 g/mol. The van der Waals surface area contributed by atoms with Crippen molar-refractivity contribution in [3.63, 3.8) is 0 Å². The molecule has 4 heterocycles. The van der Waals surface area contributed by atoms with Crippen LogP contribution in [0.15, 0.2) is 33.8 Å². The van der Waals surface area contributed by atoms with E-state index in [1.54, 1.807) is 0 Å². The number of ether oxygens (including phenoxy) is 1. The van der Waals surface area contributed by atoms with Gasteiger partial charge in [-0.05, 0) is 52.9 Å². The van der Waals surface area contributed by atoms with Crippen molar-refractivity contribution in [2.75, 3.05) is 18.1 Å². The molecule has 1 saturated heterocycles. The maximum Gasteiger partial charge on any atom is 0.416 e. The predicted molar refractivity (Wildman–Crippen MR) is 128 cm³/mol. The minimum Gasteiger partial charge on any atom is -0.360 e. The van der Waals surface area contributed by atoms with Gasteiger partial charge >= 0.3 is 6.18 Å². The normalized spacial score (nSPS) is 18.4. The minimum atomic E-state index is -4.68. The maximum absolute atomic E-state index is 13.5. The molecule has 192 valence electrons. The summed E-state index contributed by atoms with van der Waals surface area (Å²) in [6.07, 6.45) is -1.11. The van der Waals surface area contributed by atoms with Gasteiger partial charge in [0, 0.05) is 26.1 Å². The van der Waals surface area contributed by atoms with Crippen LogP contribution in [-0.4, -0.2) is 32.5 Å². The van der Waals surface area contributed by atoms with Crippen molar-refractivity contribution in [1.82, 2.24) is 19.3 Å². The first-order valence-corrected chi connectivity index (χ1v) is 12.5. The van der Waals surface area contributed by atoms with Crippen molar-refractivity contribution >= 4 is 33.2 Å². The molecular formula is C23H21BrClF4N5O2. The first-order valence-electron chi connectivity index (χ1n) is 11.4. The molecule has 0 spiro atoms. The number of imidazole rings is 1. The summed E-state index contributed by atoms with van der Waals surface area (Å²) >= 11 is 9.82. The number of anilines is 1. The van der Waals surface area contributed by atoms with Crippen LogP contribution >= 0.6 is 27.5 Å². The molecule has 1 atom stereocenters. The highest BCUT2D eigenvalue weighted by Gasteiger charge is 2.35. The average Bonchev–Trinajstić information content (AvgIpc) is 3.15. The van der Waals surface area contributed by atoms with Crippen LogP contribution in [0.3, 0.4) is 0 Å². The van der Waals surface area contributed by atoms with Gasteiger partial charge in [-0.2, -0.15) is 23.0 Å². The van der Waals surface area contributed by atoms with Crippen molar-refractivity contribution in [3.8, 4) is 0 Å². The van der Waals surface area contributed by atoms with Crippen LogP contribution in [0.4, 0.5) is 23.2 Å². The summed E-state index contributed by atoms with van der Waals surface area (Å²) in [5, 5.41) is 4.32. The van der Waals surface area contributed by atoms with Gasteiger partial charge in [-0.25, -0.2) is 9.37 Å². The zero-order valence-electron chi connectivity index (χ0n) is 18.9. The first-order chi connectivity index (χ1) is 17.1. The predicted octanol–water partition coefficient (Wildman–Crippen LogP) is 5.32. The number of benzene rings is 1. The summed E-state index contributed by atoms with van der Waals surface area (Å²) in [5.74, 6) is -0.354. The Labute approximate surface area is 216 Å². The molecule has 1 unspecified atom stereocenters. The number of nitrogens with zero attached hydrogens (tertiary/aromatic N) is 5. The minimum absolute atomic E-state index is 0.0274. The summed E-state index contributed by atoms with van der Waals surface area (Å²) in [6.45, 7) is 1.67. The number of hydrogen-bond acceptors (Lipinski definition) is 5. The molecule has 0 aliphatic carbocycles. The third-order valence-corrected chi connectivity index (χ3v) is 7.45. The lowest BCUT2D eigenvalue weighted by Gasteiger charge is -2.31. The number of halogens is 6. The van der Waals surface area contributed by atoms with E-state index in [9.17, 15) is 22.4 Å². The molecule has 36 heavy (non-hydrogen) atoms. The van der Waals surface area contributed by atoms with Gasteiger partial charge in [-0.15, -0.1) is 0 Å². The van der Waals surface area contributed by atoms with E-state index < -0.39 is 29.3 Å². The van der Waals surface area contributed by atoms with E-state index in [4.69, 9.17) is 16.3 Å².